The molecule has 0 rings (SSSR count). The SMILES string of the molecule is CCCCC(CC)CC[S]. The number of rotatable bonds is 6. The molecule has 0 heterocycles. The normalized spacial score (nSPS) is 13.5. The molecule has 0 N–H and O–H groups in total. The highest BCUT2D eigenvalue weighted by molar-refractivity contribution is 7.80. The number of hydrogen-bond donors (Lipinski definition) is 0. The Bertz CT molecular complexity index is 61.7. The molecule has 61 valence electrons. The minimum Gasteiger partial charge on any atom is -0.0941 e. The van der Waals surface area contributed by atoms with E-state index in [-0.39, 0.29) is 0 Å². The van der Waals surface area contributed by atoms with Crippen molar-refractivity contribution in [1.82, 2.24) is 0 Å². The molecule has 10 heavy (non-hydrogen) atoms. The van der Waals surface area contributed by atoms with Gasteiger partial charge in [0.2, 0.25) is 0 Å². The molecule has 0 nitrogen and oxygen atoms in total. The minimum atomic E-state index is 0.914. The lowest BCUT2D eigenvalue weighted by Crippen LogP contribution is -1.98. The Morgan fingerprint density at radius 1 is 1.20 bits per heavy atom. The van der Waals surface area contributed by atoms with E-state index in [4.69, 9.17) is 12.6 Å². The number of unbranched alkanes of at least 4 members (excludes halogenated alkanes) is 1. The Balaban J connectivity index is 3.21. The lowest BCUT2D eigenvalue weighted by Gasteiger charge is -2.11. The van der Waals surface area contributed by atoms with Crippen molar-refractivity contribution in [2.45, 2.75) is 46.0 Å². The highest BCUT2D eigenvalue weighted by atomic mass is 32.1. The van der Waals surface area contributed by atoms with Gasteiger partial charge in [-0.2, -0.15) is 0 Å². The van der Waals surface area contributed by atoms with Crippen molar-refractivity contribution in [1.29, 1.82) is 0 Å². The topological polar surface area (TPSA) is 0 Å². The zero-order valence-corrected chi connectivity index (χ0v) is 8.04. The molecule has 0 amide bonds. The minimum absolute atomic E-state index is 0.914. The average molecular weight is 159 g/mol. The van der Waals surface area contributed by atoms with Crippen molar-refractivity contribution in [2.24, 2.45) is 5.92 Å². The molecule has 0 fully saturated rings. The summed E-state index contributed by atoms with van der Waals surface area (Å²) in [7, 11) is 0. The van der Waals surface area contributed by atoms with Gasteiger partial charge in [-0.1, -0.05) is 52.2 Å². The van der Waals surface area contributed by atoms with E-state index in [0.29, 0.717) is 0 Å². The Morgan fingerprint density at radius 2 is 1.90 bits per heavy atom. The average Bonchev–Trinajstić information content (AvgIpc) is 1.98. The van der Waals surface area contributed by atoms with E-state index in [1.165, 1.54) is 32.1 Å². The van der Waals surface area contributed by atoms with Crippen molar-refractivity contribution >= 4 is 12.6 Å². The summed E-state index contributed by atoms with van der Waals surface area (Å²) in [6.45, 7) is 4.52. The van der Waals surface area contributed by atoms with Gasteiger partial charge in [-0.3, -0.25) is 0 Å². The van der Waals surface area contributed by atoms with Crippen LogP contribution in [0, 0.1) is 5.92 Å². The molecule has 0 aliphatic rings. The van der Waals surface area contributed by atoms with Crippen molar-refractivity contribution in [3.63, 3.8) is 0 Å². The van der Waals surface area contributed by atoms with E-state index >= 15 is 0 Å². The van der Waals surface area contributed by atoms with E-state index in [1.54, 1.807) is 0 Å². The second-order valence-electron chi connectivity index (χ2n) is 2.91. The summed E-state index contributed by atoms with van der Waals surface area (Å²) >= 11 is 4.94. The summed E-state index contributed by atoms with van der Waals surface area (Å²) in [5.74, 6) is 1.86. The van der Waals surface area contributed by atoms with E-state index in [2.05, 4.69) is 13.8 Å². The molecule has 0 saturated heterocycles. The molecule has 0 aromatic heterocycles. The molecule has 1 atom stereocenters. The van der Waals surface area contributed by atoms with Crippen molar-refractivity contribution in [3.8, 4) is 0 Å². The van der Waals surface area contributed by atoms with Crippen LogP contribution in [-0.4, -0.2) is 5.75 Å². The van der Waals surface area contributed by atoms with Crippen molar-refractivity contribution in [2.75, 3.05) is 5.75 Å². The molecule has 0 bridgehead atoms. The maximum absolute atomic E-state index is 4.94. The zero-order valence-electron chi connectivity index (χ0n) is 7.23. The third-order valence-electron chi connectivity index (χ3n) is 2.07. The standard InChI is InChI=1S/C9H19S/c1-3-5-6-9(4-2)7-8-10/h9H,3-8H2,1-2H3. The fourth-order valence-electron chi connectivity index (χ4n) is 1.21. The smallest absolute Gasteiger partial charge is 0.00395 e. The second kappa shape index (κ2) is 7.46. The molecule has 0 saturated carbocycles. The highest BCUT2D eigenvalue weighted by Crippen LogP contribution is 2.16. The predicted octanol–water partition coefficient (Wildman–Crippen LogP) is 3.79. The van der Waals surface area contributed by atoms with Crippen LogP contribution in [0.15, 0.2) is 0 Å². The van der Waals surface area contributed by atoms with Gasteiger partial charge in [-0.05, 0) is 12.3 Å². The van der Waals surface area contributed by atoms with Gasteiger partial charge in [0.15, 0.2) is 0 Å². The fraction of sp³-hybridized carbons (Fsp3) is 1.00. The largest absolute Gasteiger partial charge is 0.0941 e. The summed E-state index contributed by atoms with van der Waals surface area (Å²) in [6.07, 6.45) is 6.67. The molecule has 0 aromatic rings. The Labute approximate surface area is 70.8 Å². The quantitative estimate of drug-likeness (QED) is 0.553. The first-order valence-electron chi connectivity index (χ1n) is 4.43. The Kier molecular flexibility index (Phi) is 7.72. The Morgan fingerprint density at radius 3 is 2.30 bits per heavy atom. The summed E-state index contributed by atoms with van der Waals surface area (Å²) in [5, 5.41) is 0. The van der Waals surface area contributed by atoms with E-state index in [1.807, 2.05) is 0 Å². The lowest BCUT2D eigenvalue weighted by atomic mass is 9.97. The molecular formula is C9H19S. The van der Waals surface area contributed by atoms with E-state index in [9.17, 15) is 0 Å². The molecule has 1 unspecified atom stereocenters. The first kappa shape index (κ1) is 10.3. The van der Waals surface area contributed by atoms with Crippen LogP contribution >= 0.6 is 12.6 Å². The molecular weight excluding hydrogens is 140 g/mol. The van der Waals surface area contributed by atoms with Crippen LogP contribution in [0.4, 0.5) is 0 Å². The second-order valence-corrected chi connectivity index (χ2v) is 3.32. The molecule has 1 radical (unpaired) electrons. The molecule has 0 aliphatic heterocycles. The van der Waals surface area contributed by atoms with E-state index < -0.39 is 0 Å². The lowest BCUT2D eigenvalue weighted by molar-refractivity contribution is 0.442. The van der Waals surface area contributed by atoms with Gasteiger partial charge in [0.25, 0.3) is 0 Å². The Hall–Kier alpha value is 0.350. The third kappa shape index (κ3) is 5.16. The number of hydrogen-bond acceptors (Lipinski definition) is 0. The van der Waals surface area contributed by atoms with E-state index in [0.717, 1.165) is 11.7 Å². The van der Waals surface area contributed by atoms with Crippen LogP contribution in [0.2, 0.25) is 0 Å². The molecule has 0 spiro atoms. The van der Waals surface area contributed by atoms with Gasteiger partial charge >= 0.3 is 0 Å². The van der Waals surface area contributed by atoms with Crippen LogP contribution in [-0.2, 0) is 0 Å². The molecule has 0 aliphatic carbocycles. The first-order valence-corrected chi connectivity index (χ1v) is 5.00. The van der Waals surface area contributed by atoms with Gasteiger partial charge in [0, 0.05) is 5.75 Å². The first-order chi connectivity index (χ1) is 4.85. The van der Waals surface area contributed by atoms with Crippen LogP contribution in [0.3, 0.4) is 0 Å². The van der Waals surface area contributed by atoms with Gasteiger partial charge in [0.1, 0.15) is 0 Å². The third-order valence-corrected chi connectivity index (χ3v) is 2.31. The van der Waals surface area contributed by atoms with Crippen LogP contribution in [0.1, 0.15) is 46.0 Å². The molecule has 0 aromatic carbocycles. The van der Waals surface area contributed by atoms with Crippen molar-refractivity contribution < 1.29 is 0 Å². The van der Waals surface area contributed by atoms with Gasteiger partial charge in [-0.25, -0.2) is 0 Å². The van der Waals surface area contributed by atoms with Gasteiger partial charge in [0.05, 0.1) is 0 Å². The monoisotopic (exact) mass is 159 g/mol. The van der Waals surface area contributed by atoms with Gasteiger partial charge in [-0.15, -0.1) is 0 Å². The van der Waals surface area contributed by atoms with Crippen molar-refractivity contribution in [3.05, 3.63) is 0 Å². The van der Waals surface area contributed by atoms with Gasteiger partial charge < -0.3 is 0 Å². The summed E-state index contributed by atoms with van der Waals surface area (Å²) in [6, 6.07) is 0. The summed E-state index contributed by atoms with van der Waals surface area (Å²) in [4.78, 5) is 0. The summed E-state index contributed by atoms with van der Waals surface area (Å²) < 4.78 is 0. The maximum atomic E-state index is 4.94. The fourth-order valence-corrected chi connectivity index (χ4v) is 1.55. The maximum Gasteiger partial charge on any atom is 0.00395 e. The predicted molar refractivity (Wildman–Crippen MR) is 50.4 cm³/mol. The zero-order chi connectivity index (χ0) is 7.82. The van der Waals surface area contributed by atoms with Crippen LogP contribution in [0.25, 0.3) is 0 Å². The van der Waals surface area contributed by atoms with Crippen LogP contribution < -0.4 is 0 Å². The summed E-state index contributed by atoms with van der Waals surface area (Å²) in [5.41, 5.74) is 0. The van der Waals surface area contributed by atoms with Crippen LogP contribution in [0.5, 0.6) is 0 Å². The molecule has 1 heteroatoms. The highest BCUT2D eigenvalue weighted by Gasteiger charge is 2.02.